The Balaban J connectivity index is 3.10. The van der Waals surface area contributed by atoms with Crippen molar-refractivity contribution in [2.45, 2.75) is 78.0 Å². The minimum absolute atomic E-state index is 0.0201. The summed E-state index contributed by atoms with van der Waals surface area (Å²) in [4.78, 5) is 27.1. The molecule has 0 bridgehead atoms. The summed E-state index contributed by atoms with van der Waals surface area (Å²) in [6.07, 6.45) is 1.83. The van der Waals surface area contributed by atoms with Gasteiger partial charge in [-0.3, -0.25) is 9.59 Å². The van der Waals surface area contributed by atoms with Crippen molar-refractivity contribution in [3.63, 3.8) is 0 Å². The number of nitrogens with one attached hydrogen (secondary N) is 1. The van der Waals surface area contributed by atoms with Crippen molar-refractivity contribution < 1.29 is 14.3 Å². The normalized spacial score (nSPS) is 22.4. The summed E-state index contributed by atoms with van der Waals surface area (Å²) in [5.74, 6) is -0.0279. The monoisotopic (exact) mass is 298 g/mol. The summed E-state index contributed by atoms with van der Waals surface area (Å²) in [7, 11) is 0. The van der Waals surface area contributed by atoms with Crippen LogP contribution in [0.5, 0.6) is 0 Å². The molecule has 1 N–H and O–H groups in total. The number of nitrogens with zero attached hydrogens (tertiary/aromatic N) is 1. The quantitative estimate of drug-likeness (QED) is 0.783. The smallest absolute Gasteiger partial charge is 0.249 e. The maximum absolute atomic E-state index is 13.0. The number of hydrogen-bond acceptors (Lipinski definition) is 3. The first-order valence-electron chi connectivity index (χ1n) is 8.04. The van der Waals surface area contributed by atoms with Crippen LogP contribution in [0, 0.1) is 0 Å². The van der Waals surface area contributed by atoms with Gasteiger partial charge in [-0.15, -0.1) is 0 Å². The molecule has 1 fully saturated rings. The van der Waals surface area contributed by atoms with E-state index in [2.05, 4.69) is 5.32 Å². The largest absolute Gasteiger partial charge is 0.374 e. The zero-order chi connectivity index (χ0) is 16.3. The van der Waals surface area contributed by atoms with Gasteiger partial charge in [0, 0.05) is 6.61 Å². The third-order valence-corrected chi connectivity index (χ3v) is 4.39. The van der Waals surface area contributed by atoms with Crippen LogP contribution in [0.4, 0.5) is 0 Å². The van der Waals surface area contributed by atoms with Gasteiger partial charge in [-0.2, -0.15) is 0 Å². The van der Waals surface area contributed by atoms with Gasteiger partial charge in [0.15, 0.2) is 0 Å². The topological polar surface area (TPSA) is 58.6 Å². The maximum Gasteiger partial charge on any atom is 0.249 e. The Hall–Kier alpha value is -1.10. The lowest BCUT2D eigenvalue weighted by molar-refractivity contribution is -0.160. The molecule has 1 aliphatic heterocycles. The Morgan fingerprint density at radius 1 is 1.19 bits per heavy atom. The highest BCUT2D eigenvalue weighted by Crippen LogP contribution is 2.28. The second-order valence-electron chi connectivity index (χ2n) is 6.33. The van der Waals surface area contributed by atoms with Gasteiger partial charge in [0.25, 0.3) is 0 Å². The molecule has 1 unspecified atom stereocenters. The van der Waals surface area contributed by atoms with Gasteiger partial charge in [0.05, 0.1) is 12.1 Å². The Bertz CT molecular complexity index is 389. The number of rotatable bonds is 7. The molecule has 5 heteroatoms. The predicted octanol–water partition coefficient (Wildman–Crippen LogP) is 2.10. The first-order chi connectivity index (χ1) is 9.76. The molecule has 122 valence electrons. The summed E-state index contributed by atoms with van der Waals surface area (Å²) in [5, 5.41) is 2.96. The van der Waals surface area contributed by atoms with Crippen molar-refractivity contribution in [1.82, 2.24) is 10.2 Å². The summed E-state index contributed by atoms with van der Waals surface area (Å²) >= 11 is 0. The molecule has 5 nitrogen and oxygen atoms in total. The van der Waals surface area contributed by atoms with Gasteiger partial charge in [0.1, 0.15) is 11.6 Å². The summed E-state index contributed by atoms with van der Waals surface area (Å²) < 4.78 is 5.72. The first-order valence-corrected chi connectivity index (χ1v) is 8.04. The Kier molecular flexibility index (Phi) is 5.79. The third kappa shape index (κ3) is 3.57. The maximum atomic E-state index is 13.0. The number of amides is 2. The zero-order valence-corrected chi connectivity index (χ0v) is 14.3. The molecular formula is C16H30N2O3. The second-order valence-corrected chi connectivity index (χ2v) is 6.33. The number of piperazine rings is 1. The fourth-order valence-electron chi connectivity index (χ4n) is 3.09. The zero-order valence-electron chi connectivity index (χ0n) is 14.3. The Morgan fingerprint density at radius 2 is 1.76 bits per heavy atom. The molecule has 1 heterocycles. The van der Waals surface area contributed by atoms with E-state index >= 15 is 0 Å². The highest BCUT2D eigenvalue weighted by Gasteiger charge is 2.49. The van der Waals surface area contributed by atoms with Crippen LogP contribution < -0.4 is 5.32 Å². The number of ether oxygens (including phenoxy) is 1. The number of hydrogen-bond donors (Lipinski definition) is 1. The van der Waals surface area contributed by atoms with E-state index in [0.29, 0.717) is 32.4 Å². The van der Waals surface area contributed by atoms with Crippen molar-refractivity contribution >= 4 is 11.8 Å². The van der Waals surface area contributed by atoms with Crippen molar-refractivity contribution in [3.05, 3.63) is 0 Å². The van der Waals surface area contributed by atoms with E-state index in [1.165, 1.54) is 0 Å². The van der Waals surface area contributed by atoms with Crippen molar-refractivity contribution in [2.24, 2.45) is 0 Å². The van der Waals surface area contributed by atoms with Crippen LogP contribution in [0.25, 0.3) is 0 Å². The predicted molar refractivity (Wildman–Crippen MR) is 83.0 cm³/mol. The molecule has 2 amide bonds. The number of carbonyl (C=O) groups excluding carboxylic acids is 2. The molecule has 1 saturated heterocycles. The average molecular weight is 298 g/mol. The lowest BCUT2D eigenvalue weighted by Gasteiger charge is -2.47. The van der Waals surface area contributed by atoms with Gasteiger partial charge in [0.2, 0.25) is 11.8 Å². The summed E-state index contributed by atoms with van der Waals surface area (Å²) in [6, 6.07) is -0.400. The molecule has 0 spiro atoms. The summed E-state index contributed by atoms with van der Waals surface area (Å²) in [6.45, 7) is 12.7. The van der Waals surface area contributed by atoms with Crippen LogP contribution in [0.15, 0.2) is 0 Å². The van der Waals surface area contributed by atoms with E-state index in [9.17, 15) is 9.59 Å². The molecule has 0 aromatic carbocycles. The van der Waals surface area contributed by atoms with E-state index in [0.717, 1.165) is 0 Å². The van der Waals surface area contributed by atoms with Crippen LogP contribution in [-0.2, 0) is 14.3 Å². The molecule has 1 aliphatic rings. The minimum Gasteiger partial charge on any atom is -0.374 e. The third-order valence-electron chi connectivity index (χ3n) is 4.39. The lowest BCUT2D eigenvalue weighted by atomic mass is 9.86. The first kappa shape index (κ1) is 18.0. The van der Waals surface area contributed by atoms with Crippen molar-refractivity contribution in [1.29, 1.82) is 0 Å². The molecule has 0 aromatic rings. The molecular weight excluding hydrogens is 268 g/mol. The van der Waals surface area contributed by atoms with E-state index in [4.69, 9.17) is 4.74 Å². The van der Waals surface area contributed by atoms with Gasteiger partial charge >= 0.3 is 0 Å². The van der Waals surface area contributed by atoms with Gasteiger partial charge in [-0.1, -0.05) is 20.8 Å². The Morgan fingerprint density at radius 3 is 2.19 bits per heavy atom. The fraction of sp³-hybridized carbons (Fsp3) is 0.875. The molecule has 0 aromatic heterocycles. The van der Waals surface area contributed by atoms with Crippen molar-refractivity contribution in [3.8, 4) is 0 Å². The van der Waals surface area contributed by atoms with Crippen LogP contribution >= 0.6 is 0 Å². The highest BCUT2D eigenvalue weighted by atomic mass is 16.5. The van der Waals surface area contributed by atoms with Crippen LogP contribution in [0.3, 0.4) is 0 Å². The molecule has 1 atom stereocenters. The average Bonchev–Trinajstić information content (AvgIpc) is 2.42. The molecule has 0 saturated carbocycles. The van der Waals surface area contributed by atoms with Gasteiger partial charge < -0.3 is 15.0 Å². The van der Waals surface area contributed by atoms with E-state index < -0.39 is 17.2 Å². The Labute approximate surface area is 128 Å². The second kappa shape index (κ2) is 6.77. The minimum atomic E-state index is -0.759. The molecule has 1 rings (SSSR count). The van der Waals surface area contributed by atoms with Gasteiger partial charge in [-0.05, 0) is 40.0 Å². The molecule has 0 aliphatic carbocycles. The summed E-state index contributed by atoms with van der Waals surface area (Å²) in [5.41, 5.74) is -1.21. The van der Waals surface area contributed by atoms with Crippen LogP contribution in [0.2, 0.25) is 0 Å². The van der Waals surface area contributed by atoms with Gasteiger partial charge in [-0.25, -0.2) is 0 Å². The van der Waals surface area contributed by atoms with Crippen LogP contribution in [-0.4, -0.2) is 47.0 Å². The molecule has 0 radical (unpaired) electrons. The van der Waals surface area contributed by atoms with E-state index in [-0.39, 0.29) is 11.8 Å². The van der Waals surface area contributed by atoms with E-state index in [1.807, 2.05) is 41.5 Å². The number of carbonyl (C=O) groups is 2. The standard InChI is InChI=1S/C16H30N2O3/c1-7-12-13(19)17-16(8-2,9-3)14(20)18(12)11-15(5,6)21-10-4/h12H,7-11H2,1-6H3,(H,17,19). The lowest BCUT2D eigenvalue weighted by Crippen LogP contribution is -2.71. The van der Waals surface area contributed by atoms with E-state index in [1.54, 1.807) is 4.90 Å². The SMILES string of the molecule is CCOC(C)(C)CN1C(=O)C(CC)(CC)NC(=O)C1CC. The highest BCUT2D eigenvalue weighted by molar-refractivity contribution is 5.99. The fourth-order valence-corrected chi connectivity index (χ4v) is 3.09. The molecule has 21 heavy (non-hydrogen) atoms. The van der Waals surface area contributed by atoms with Crippen molar-refractivity contribution in [2.75, 3.05) is 13.2 Å². The van der Waals surface area contributed by atoms with Crippen LogP contribution in [0.1, 0.15) is 60.8 Å².